The second-order valence-corrected chi connectivity index (χ2v) is 9.26. The lowest BCUT2D eigenvalue weighted by atomic mass is 10.1. The number of thiocarbonyl (C=S) groups is 1. The summed E-state index contributed by atoms with van der Waals surface area (Å²) in [5.74, 6) is -0.528. The zero-order valence-corrected chi connectivity index (χ0v) is 20.2. The largest absolute Gasteiger partial charge is 0.493 e. The molecule has 9 heteroatoms. The predicted molar refractivity (Wildman–Crippen MR) is 138 cm³/mol. The molecule has 3 aromatic carbocycles. The van der Waals surface area contributed by atoms with E-state index in [-0.39, 0.29) is 18.1 Å². The summed E-state index contributed by atoms with van der Waals surface area (Å²) in [5.41, 5.74) is 2.20. The molecule has 0 unspecified atom stereocenters. The topological polar surface area (TPSA) is 76.1 Å². The van der Waals surface area contributed by atoms with E-state index in [1.165, 1.54) is 35.9 Å². The molecule has 1 amide bonds. The van der Waals surface area contributed by atoms with E-state index in [1.54, 1.807) is 30.3 Å². The average molecular weight is 512 g/mol. The molecule has 0 radical (unpaired) electrons. The molecule has 6 nitrogen and oxygen atoms in total. The second kappa shape index (κ2) is 10.3. The van der Waals surface area contributed by atoms with E-state index in [1.807, 2.05) is 30.3 Å². The van der Waals surface area contributed by atoms with Gasteiger partial charge >= 0.3 is 5.97 Å². The fraction of sp³-hybridized carbons (Fsp3) is 0.0800. The number of carbonyl (C=O) groups is 2. The molecular weight excluding hydrogens is 494 g/mol. The zero-order valence-electron chi connectivity index (χ0n) is 17.9. The number of methoxy groups -OCH3 is 1. The number of thioether (sulfide) groups is 1. The molecule has 34 heavy (non-hydrogen) atoms. The number of amides is 1. The van der Waals surface area contributed by atoms with E-state index in [0.717, 1.165) is 0 Å². The first-order valence-corrected chi connectivity index (χ1v) is 11.6. The number of hydrogen-bond acceptors (Lipinski definition) is 6. The first-order chi connectivity index (χ1) is 16.4. The van der Waals surface area contributed by atoms with Crippen LogP contribution in [-0.4, -0.2) is 28.4 Å². The smallest absolute Gasteiger partial charge is 0.335 e. The highest BCUT2D eigenvalue weighted by molar-refractivity contribution is 8.27. The van der Waals surface area contributed by atoms with E-state index < -0.39 is 5.97 Å². The minimum atomic E-state index is -1.01. The van der Waals surface area contributed by atoms with Gasteiger partial charge in [0.05, 0.1) is 28.3 Å². The van der Waals surface area contributed by atoms with Crippen LogP contribution in [0, 0.1) is 0 Å². The minimum absolute atomic E-state index is 0.103. The molecule has 0 aliphatic carbocycles. The van der Waals surface area contributed by atoms with Gasteiger partial charge in [0.15, 0.2) is 15.8 Å². The number of carboxylic acids is 1. The highest BCUT2D eigenvalue weighted by Gasteiger charge is 2.33. The lowest BCUT2D eigenvalue weighted by Crippen LogP contribution is -2.27. The molecule has 0 bridgehead atoms. The number of halogens is 1. The van der Waals surface area contributed by atoms with Crippen LogP contribution in [0.3, 0.4) is 0 Å². The third-order valence-corrected chi connectivity index (χ3v) is 6.50. The summed E-state index contributed by atoms with van der Waals surface area (Å²) in [6, 6.07) is 19.0. The number of rotatable bonds is 7. The van der Waals surface area contributed by atoms with Crippen LogP contribution in [0.2, 0.25) is 5.02 Å². The first kappa shape index (κ1) is 23.8. The van der Waals surface area contributed by atoms with Gasteiger partial charge in [0.1, 0.15) is 6.61 Å². The molecule has 0 spiro atoms. The quantitative estimate of drug-likeness (QED) is 0.306. The van der Waals surface area contributed by atoms with E-state index in [9.17, 15) is 9.59 Å². The van der Waals surface area contributed by atoms with Gasteiger partial charge in [0, 0.05) is 0 Å². The zero-order chi connectivity index (χ0) is 24.2. The number of carboxylic acid groups (broad SMARTS) is 1. The monoisotopic (exact) mass is 511 g/mol. The van der Waals surface area contributed by atoms with E-state index in [0.29, 0.717) is 42.6 Å². The summed E-state index contributed by atoms with van der Waals surface area (Å²) < 4.78 is 11.8. The molecule has 1 saturated heterocycles. The molecule has 0 saturated carbocycles. The van der Waals surface area contributed by atoms with Crippen molar-refractivity contribution in [2.75, 3.05) is 12.0 Å². The Balaban J connectivity index is 1.57. The van der Waals surface area contributed by atoms with Crippen molar-refractivity contribution in [1.82, 2.24) is 0 Å². The van der Waals surface area contributed by atoms with Crippen LogP contribution in [0.15, 0.2) is 71.6 Å². The third-order valence-electron chi connectivity index (χ3n) is 4.91. The lowest BCUT2D eigenvalue weighted by molar-refractivity contribution is -0.113. The fourth-order valence-corrected chi connectivity index (χ4v) is 4.90. The van der Waals surface area contributed by atoms with Gasteiger partial charge in [0.2, 0.25) is 0 Å². The Kier molecular flexibility index (Phi) is 7.21. The molecule has 1 heterocycles. The SMILES string of the molecule is COc1cc(/C=C2/SC(=S)N(c3ccccc3)C2=O)cc(Cl)c1OCc1cccc(C(=O)O)c1. The second-order valence-electron chi connectivity index (χ2n) is 7.18. The Labute approximate surface area is 210 Å². The number of benzene rings is 3. The van der Waals surface area contributed by atoms with E-state index >= 15 is 0 Å². The summed E-state index contributed by atoms with van der Waals surface area (Å²) in [5, 5.41) is 9.45. The van der Waals surface area contributed by atoms with Gasteiger partial charge in [-0.25, -0.2) is 4.79 Å². The maximum absolute atomic E-state index is 13.0. The molecule has 1 aliphatic rings. The average Bonchev–Trinajstić information content (AvgIpc) is 3.11. The van der Waals surface area contributed by atoms with Crippen molar-refractivity contribution >= 4 is 63.5 Å². The third kappa shape index (κ3) is 5.09. The first-order valence-electron chi connectivity index (χ1n) is 10.0. The number of nitrogens with zero attached hydrogens (tertiary/aromatic N) is 1. The number of hydrogen-bond donors (Lipinski definition) is 1. The van der Waals surface area contributed by atoms with Crippen molar-refractivity contribution in [3.8, 4) is 11.5 Å². The van der Waals surface area contributed by atoms with Gasteiger partial charge in [-0.15, -0.1) is 0 Å². The summed E-state index contributed by atoms with van der Waals surface area (Å²) in [4.78, 5) is 26.1. The van der Waals surface area contributed by atoms with Crippen LogP contribution in [0.1, 0.15) is 21.5 Å². The Bertz CT molecular complexity index is 1310. The molecule has 0 atom stereocenters. The fourth-order valence-electron chi connectivity index (χ4n) is 3.33. The van der Waals surface area contributed by atoms with Crippen LogP contribution < -0.4 is 14.4 Å². The molecular formula is C25H18ClNO5S2. The van der Waals surface area contributed by atoms with Gasteiger partial charge in [-0.1, -0.05) is 65.9 Å². The van der Waals surface area contributed by atoms with Gasteiger partial charge in [-0.2, -0.15) is 0 Å². The normalized spacial score (nSPS) is 14.5. The molecule has 1 aliphatic heterocycles. The summed E-state index contributed by atoms with van der Waals surface area (Å²) in [7, 11) is 1.49. The molecule has 172 valence electrons. The van der Waals surface area contributed by atoms with Crippen molar-refractivity contribution in [2.45, 2.75) is 6.61 Å². The van der Waals surface area contributed by atoms with Gasteiger partial charge in [-0.3, -0.25) is 9.69 Å². The summed E-state index contributed by atoms with van der Waals surface area (Å²) >= 11 is 13.1. The van der Waals surface area contributed by atoms with Crippen molar-refractivity contribution < 1.29 is 24.2 Å². The van der Waals surface area contributed by atoms with Gasteiger partial charge in [-0.05, 0) is 53.6 Å². The lowest BCUT2D eigenvalue weighted by Gasteiger charge is -2.14. The number of ether oxygens (including phenoxy) is 2. The van der Waals surface area contributed by atoms with Crippen LogP contribution in [0.4, 0.5) is 5.69 Å². The summed E-state index contributed by atoms with van der Waals surface area (Å²) in [6.07, 6.45) is 1.71. The Morgan fingerprint density at radius 3 is 2.62 bits per heavy atom. The maximum atomic E-state index is 13.0. The molecule has 1 fully saturated rings. The van der Waals surface area contributed by atoms with Crippen LogP contribution in [0.5, 0.6) is 11.5 Å². The van der Waals surface area contributed by atoms with E-state index in [2.05, 4.69) is 0 Å². The standard InChI is InChI=1S/C25H18ClNO5S2/c1-31-20-12-16(13-21-23(28)27(25(33)34-21)18-8-3-2-4-9-18)11-19(26)22(20)32-14-15-6-5-7-17(10-15)24(29)30/h2-13H,14H2,1H3,(H,29,30)/b21-13+. The Morgan fingerprint density at radius 1 is 1.15 bits per heavy atom. The summed E-state index contributed by atoms with van der Waals surface area (Å²) in [6.45, 7) is 0.103. The van der Waals surface area contributed by atoms with Crippen molar-refractivity contribution in [3.63, 3.8) is 0 Å². The van der Waals surface area contributed by atoms with Crippen molar-refractivity contribution in [2.24, 2.45) is 0 Å². The van der Waals surface area contributed by atoms with Gasteiger partial charge in [0.25, 0.3) is 5.91 Å². The molecule has 4 rings (SSSR count). The van der Waals surface area contributed by atoms with Crippen LogP contribution >= 0.6 is 35.6 Å². The Morgan fingerprint density at radius 2 is 1.91 bits per heavy atom. The molecule has 1 N–H and O–H groups in total. The number of aromatic carboxylic acids is 1. The molecule has 0 aromatic heterocycles. The van der Waals surface area contributed by atoms with Crippen LogP contribution in [0.25, 0.3) is 6.08 Å². The molecule has 3 aromatic rings. The predicted octanol–water partition coefficient (Wildman–Crippen LogP) is 6.03. The van der Waals surface area contributed by atoms with Crippen LogP contribution in [-0.2, 0) is 11.4 Å². The van der Waals surface area contributed by atoms with E-state index in [4.69, 9.17) is 38.4 Å². The van der Waals surface area contributed by atoms with Crippen molar-refractivity contribution in [1.29, 1.82) is 0 Å². The highest BCUT2D eigenvalue weighted by Crippen LogP contribution is 2.40. The number of para-hydroxylation sites is 1. The van der Waals surface area contributed by atoms with Crippen molar-refractivity contribution in [3.05, 3.63) is 93.3 Å². The maximum Gasteiger partial charge on any atom is 0.335 e. The number of carbonyl (C=O) groups excluding carboxylic acids is 1. The highest BCUT2D eigenvalue weighted by atomic mass is 35.5. The van der Waals surface area contributed by atoms with Gasteiger partial charge < -0.3 is 14.6 Å². The Hall–Kier alpha value is -3.33. The number of anilines is 1. The minimum Gasteiger partial charge on any atom is -0.493 e.